The predicted octanol–water partition coefficient (Wildman–Crippen LogP) is 4.02. The zero-order valence-electron chi connectivity index (χ0n) is 15.5. The van der Waals surface area contributed by atoms with Gasteiger partial charge < -0.3 is 9.75 Å². The molecule has 4 heteroatoms. The van der Waals surface area contributed by atoms with Crippen molar-refractivity contribution in [3.8, 4) is 0 Å². The van der Waals surface area contributed by atoms with Gasteiger partial charge in [-0.3, -0.25) is 0 Å². The Morgan fingerprint density at radius 3 is 2.69 bits per heavy atom. The van der Waals surface area contributed by atoms with Gasteiger partial charge in [0.2, 0.25) is 0 Å². The highest BCUT2D eigenvalue weighted by Crippen LogP contribution is 2.51. The minimum Gasteiger partial charge on any atom is -0.465 e. The Kier molecular flexibility index (Phi) is 4.68. The van der Waals surface area contributed by atoms with Crippen LogP contribution in [0, 0.1) is 0 Å². The van der Waals surface area contributed by atoms with Crippen LogP contribution in [0.3, 0.4) is 0 Å². The van der Waals surface area contributed by atoms with Gasteiger partial charge >= 0.3 is 5.97 Å². The van der Waals surface area contributed by atoms with Crippen LogP contribution in [0.1, 0.15) is 47.2 Å². The molecule has 0 aromatic heterocycles. The molecule has 4 heterocycles. The van der Waals surface area contributed by atoms with Gasteiger partial charge in [0, 0.05) is 19.0 Å². The van der Waals surface area contributed by atoms with Crippen LogP contribution in [0.2, 0.25) is 0 Å². The molecule has 0 saturated carbocycles. The minimum atomic E-state index is -0.246. The van der Waals surface area contributed by atoms with E-state index in [1.165, 1.54) is 32.3 Å². The molecule has 2 aromatic carbocycles. The van der Waals surface area contributed by atoms with E-state index in [1.54, 1.807) is 11.6 Å². The Labute approximate surface area is 155 Å². The Bertz CT molecular complexity index is 777. The molecule has 4 nitrogen and oxygen atoms in total. The zero-order chi connectivity index (χ0) is 18.1. The third-order valence-electron chi connectivity index (χ3n) is 5.70. The first-order valence-corrected chi connectivity index (χ1v) is 9.53. The van der Waals surface area contributed by atoms with E-state index in [0.717, 1.165) is 30.4 Å². The average Bonchev–Trinajstić information content (AvgIpc) is 2.85. The number of carbonyl (C=O) groups is 1. The number of methoxy groups -OCH3 is 1. The Morgan fingerprint density at radius 2 is 1.92 bits per heavy atom. The monoisotopic (exact) mass is 350 g/mol. The van der Waals surface area contributed by atoms with E-state index >= 15 is 0 Å². The number of hydrogen-bond donors (Lipinski definition) is 0. The first-order valence-electron chi connectivity index (χ1n) is 9.53. The third kappa shape index (κ3) is 2.78. The Morgan fingerprint density at radius 1 is 1.15 bits per heavy atom. The minimum absolute atomic E-state index is 0.246. The number of nitrogens with zero attached hydrogens (tertiary/aromatic N) is 2. The molecule has 0 radical (unpaired) electrons. The molecule has 6 rings (SSSR count). The summed E-state index contributed by atoms with van der Waals surface area (Å²) in [4.78, 5) is 11.3. The van der Waals surface area contributed by atoms with Crippen molar-refractivity contribution in [2.75, 3.05) is 25.2 Å². The molecule has 4 bridgehead atoms. The number of anilines is 1. The number of para-hydroxylation sites is 1. The predicted molar refractivity (Wildman–Crippen MR) is 103 cm³/mol. The first-order chi connectivity index (χ1) is 12.7. The largest absolute Gasteiger partial charge is 0.465 e. The number of esters is 1. The van der Waals surface area contributed by atoms with Crippen LogP contribution < -0.4 is 5.01 Å². The molecule has 0 amide bonds. The molecule has 0 aliphatic carbocycles. The molecule has 136 valence electrons. The lowest BCUT2D eigenvalue weighted by Crippen LogP contribution is -2.67. The highest BCUT2D eigenvalue weighted by Gasteiger charge is 2.52. The number of hydrogen-bond acceptors (Lipinski definition) is 4. The maximum atomic E-state index is 11.3. The number of benzene rings is 2. The van der Waals surface area contributed by atoms with E-state index < -0.39 is 0 Å². The maximum absolute atomic E-state index is 11.3. The van der Waals surface area contributed by atoms with Gasteiger partial charge in [0.15, 0.2) is 0 Å². The topological polar surface area (TPSA) is 32.8 Å². The fourth-order valence-corrected chi connectivity index (χ4v) is 4.49. The maximum Gasteiger partial charge on any atom is 0.338 e. The van der Waals surface area contributed by atoms with Crippen LogP contribution in [0.25, 0.3) is 0 Å². The molecular weight excluding hydrogens is 324 g/mol. The van der Waals surface area contributed by atoms with Crippen molar-refractivity contribution in [2.24, 2.45) is 0 Å². The number of aryl methyl sites for hydroxylation is 1. The summed E-state index contributed by atoms with van der Waals surface area (Å²) < 4.78 is 4.68. The zero-order valence-corrected chi connectivity index (χ0v) is 15.5. The van der Waals surface area contributed by atoms with Gasteiger partial charge in [0.1, 0.15) is 0 Å². The van der Waals surface area contributed by atoms with Crippen LogP contribution in [0.4, 0.5) is 5.69 Å². The van der Waals surface area contributed by atoms with Crippen LogP contribution in [-0.4, -0.2) is 37.2 Å². The van der Waals surface area contributed by atoms with Crippen molar-refractivity contribution >= 4 is 11.7 Å². The number of rotatable bonds is 3. The summed E-state index contributed by atoms with van der Waals surface area (Å²) in [6, 6.07) is 17.3. The van der Waals surface area contributed by atoms with Gasteiger partial charge in [-0.2, -0.15) is 0 Å². The van der Waals surface area contributed by atoms with Crippen LogP contribution in [0.5, 0.6) is 0 Å². The number of carbonyl (C=O) groups excluding carboxylic acids is 1. The molecule has 4 aliphatic rings. The smallest absolute Gasteiger partial charge is 0.338 e. The lowest BCUT2D eigenvalue weighted by atomic mass is 9.87. The van der Waals surface area contributed by atoms with Gasteiger partial charge in [0.25, 0.3) is 0 Å². The molecule has 3 fully saturated rings. The lowest BCUT2D eigenvalue weighted by molar-refractivity contribution is 0.0599. The van der Waals surface area contributed by atoms with Crippen molar-refractivity contribution in [1.82, 2.24) is 5.01 Å². The van der Waals surface area contributed by atoms with Crippen LogP contribution in [-0.2, 0) is 11.2 Å². The van der Waals surface area contributed by atoms with E-state index in [2.05, 4.69) is 45.9 Å². The van der Waals surface area contributed by atoms with Crippen molar-refractivity contribution < 1.29 is 9.53 Å². The van der Waals surface area contributed by atoms with Gasteiger partial charge in [-0.15, -0.1) is 0 Å². The molecule has 0 spiro atoms. The number of fused-ring (bicyclic) bond motifs is 2. The third-order valence-corrected chi connectivity index (χ3v) is 5.70. The SMILES string of the molecule is CCCc1ccccc1C(=O)OC.c1ccc2c(c1)C1CCN3CC1N23. The second-order valence-electron chi connectivity index (χ2n) is 7.18. The number of piperidine rings is 1. The summed E-state index contributed by atoms with van der Waals surface area (Å²) in [5.74, 6) is 0.588. The van der Waals surface area contributed by atoms with E-state index in [4.69, 9.17) is 0 Å². The fourth-order valence-electron chi connectivity index (χ4n) is 4.49. The Hall–Kier alpha value is -2.33. The molecule has 0 N–H and O–H groups in total. The van der Waals surface area contributed by atoms with Gasteiger partial charge in [-0.05, 0) is 36.1 Å². The van der Waals surface area contributed by atoms with E-state index in [9.17, 15) is 4.79 Å². The highest BCUT2D eigenvalue weighted by atomic mass is 16.5. The van der Waals surface area contributed by atoms with E-state index in [1.807, 2.05) is 18.2 Å². The fraction of sp³-hybridized carbons (Fsp3) is 0.409. The van der Waals surface area contributed by atoms with Crippen LogP contribution in [0.15, 0.2) is 48.5 Å². The van der Waals surface area contributed by atoms with Crippen LogP contribution >= 0.6 is 0 Å². The second kappa shape index (κ2) is 7.12. The second-order valence-corrected chi connectivity index (χ2v) is 7.18. The van der Waals surface area contributed by atoms with Gasteiger partial charge in [0.05, 0.1) is 24.4 Å². The summed E-state index contributed by atoms with van der Waals surface area (Å²) in [7, 11) is 1.41. The Balaban J connectivity index is 0.000000129. The number of hydrazine groups is 1. The molecule has 4 aliphatic heterocycles. The first kappa shape index (κ1) is 17.1. The van der Waals surface area contributed by atoms with Gasteiger partial charge in [-0.25, -0.2) is 9.80 Å². The van der Waals surface area contributed by atoms with Crippen molar-refractivity contribution in [3.05, 3.63) is 65.2 Å². The lowest BCUT2D eigenvalue weighted by Gasteiger charge is -2.54. The summed E-state index contributed by atoms with van der Waals surface area (Å²) in [5, 5.41) is 4.98. The summed E-state index contributed by atoms with van der Waals surface area (Å²) in [6.07, 6.45) is 3.32. The molecule has 26 heavy (non-hydrogen) atoms. The van der Waals surface area contributed by atoms with Crippen molar-refractivity contribution in [2.45, 2.75) is 38.1 Å². The molecule has 3 saturated heterocycles. The van der Waals surface area contributed by atoms with Crippen molar-refractivity contribution in [1.29, 1.82) is 0 Å². The molecule has 2 aromatic rings. The normalized spacial score (nSPS) is 24.1. The standard InChI is InChI=1S/C11H12N2.C11H14O2/c1-2-4-10-8(3-1)9-5-6-12-7-11(9)13(10)12;1-3-6-9-7-4-5-8-10(9)11(12)13-2/h1-4,9,11H,5-7H2;4-5,7-8H,3,6H2,1-2H3. The quantitative estimate of drug-likeness (QED) is 0.783. The summed E-state index contributed by atoms with van der Waals surface area (Å²) >= 11 is 0. The average molecular weight is 350 g/mol. The van der Waals surface area contributed by atoms with E-state index in [-0.39, 0.29) is 5.97 Å². The van der Waals surface area contributed by atoms with E-state index in [0.29, 0.717) is 5.56 Å². The molecular formula is C22H26N2O2. The summed E-state index contributed by atoms with van der Waals surface area (Å²) in [6.45, 7) is 4.64. The summed E-state index contributed by atoms with van der Waals surface area (Å²) in [5.41, 5.74) is 4.82. The van der Waals surface area contributed by atoms with Gasteiger partial charge in [-0.1, -0.05) is 49.7 Å². The molecule has 3 atom stereocenters. The highest BCUT2D eigenvalue weighted by molar-refractivity contribution is 5.90. The van der Waals surface area contributed by atoms with Crippen molar-refractivity contribution in [3.63, 3.8) is 0 Å². The number of ether oxygens (including phenoxy) is 1. The molecule has 3 unspecified atom stereocenters.